The number of rotatable bonds is 4. The fourth-order valence-electron chi connectivity index (χ4n) is 1.48. The molecule has 19 heavy (non-hydrogen) atoms. The maximum atomic E-state index is 11.9. The number of carboxylic acids is 1. The molecular weight excluding hydrogens is 268 g/mol. The highest BCUT2D eigenvalue weighted by Gasteiger charge is 2.23. The van der Waals surface area contributed by atoms with Crippen LogP contribution in [0.4, 0.5) is 0 Å². The number of aromatic nitrogens is 1. The van der Waals surface area contributed by atoms with Crippen LogP contribution in [-0.2, 0) is 4.79 Å². The molecule has 2 aromatic heterocycles. The fraction of sp³-hybridized carbons (Fsp3) is 0.0833. The van der Waals surface area contributed by atoms with Crippen molar-refractivity contribution in [1.29, 1.82) is 0 Å². The minimum atomic E-state index is -1.14. The summed E-state index contributed by atoms with van der Waals surface area (Å²) >= 11 is 1.25. The van der Waals surface area contributed by atoms with E-state index in [1.54, 1.807) is 17.5 Å². The number of aromatic amines is 1. The van der Waals surface area contributed by atoms with E-state index < -0.39 is 17.9 Å². The third-order valence-electron chi connectivity index (χ3n) is 2.40. The van der Waals surface area contributed by atoms with Crippen LogP contribution in [-0.4, -0.2) is 22.0 Å². The van der Waals surface area contributed by atoms with E-state index in [1.807, 2.05) is 0 Å². The number of amides is 1. The van der Waals surface area contributed by atoms with Gasteiger partial charge in [-0.05, 0) is 17.5 Å². The van der Waals surface area contributed by atoms with Gasteiger partial charge < -0.3 is 15.4 Å². The molecule has 0 bridgehead atoms. The molecular formula is C12H10N2O4S. The summed E-state index contributed by atoms with van der Waals surface area (Å²) in [7, 11) is 0. The molecule has 0 aliphatic rings. The Hall–Kier alpha value is -2.41. The number of aliphatic carboxylic acids is 1. The summed E-state index contributed by atoms with van der Waals surface area (Å²) in [6.07, 6.45) is 1.24. The Kier molecular flexibility index (Phi) is 3.76. The fourth-order valence-corrected chi connectivity index (χ4v) is 2.24. The topological polar surface area (TPSA) is 99.3 Å². The standard InChI is InChI=1S/C12H10N2O4S/c15-9-4-3-7(6-13-9)11(16)14-10(12(17)18)8-2-1-5-19-8/h1-6,10H,(H,13,15)(H,14,16)(H,17,18). The highest BCUT2D eigenvalue weighted by Crippen LogP contribution is 2.19. The lowest BCUT2D eigenvalue weighted by atomic mass is 10.2. The van der Waals surface area contributed by atoms with Gasteiger partial charge in [0.05, 0.1) is 5.56 Å². The maximum Gasteiger partial charge on any atom is 0.331 e. The zero-order valence-electron chi connectivity index (χ0n) is 9.62. The molecule has 0 aromatic carbocycles. The number of pyridine rings is 1. The predicted molar refractivity (Wildman–Crippen MR) is 69.2 cm³/mol. The van der Waals surface area contributed by atoms with Gasteiger partial charge in [-0.25, -0.2) is 4.79 Å². The van der Waals surface area contributed by atoms with Gasteiger partial charge in [-0.2, -0.15) is 0 Å². The van der Waals surface area contributed by atoms with Crippen LogP contribution in [0.5, 0.6) is 0 Å². The molecule has 0 radical (unpaired) electrons. The Morgan fingerprint density at radius 1 is 1.32 bits per heavy atom. The number of H-pyrrole nitrogens is 1. The van der Waals surface area contributed by atoms with E-state index in [-0.39, 0.29) is 11.1 Å². The third-order valence-corrected chi connectivity index (χ3v) is 3.33. The molecule has 1 unspecified atom stereocenters. The van der Waals surface area contributed by atoms with Crippen LogP contribution in [0.2, 0.25) is 0 Å². The molecule has 2 aromatic rings. The van der Waals surface area contributed by atoms with Crippen LogP contribution in [0.3, 0.4) is 0 Å². The summed E-state index contributed by atoms with van der Waals surface area (Å²) < 4.78 is 0. The smallest absolute Gasteiger partial charge is 0.331 e. The van der Waals surface area contributed by atoms with Crippen molar-refractivity contribution in [2.45, 2.75) is 6.04 Å². The average Bonchev–Trinajstić information content (AvgIpc) is 2.89. The van der Waals surface area contributed by atoms with Gasteiger partial charge in [-0.3, -0.25) is 9.59 Å². The molecule has 2 heterocycles. The molecule has 0 saturated heterocycles. The maximum absolute atomic E-state index is 11.9. The number of hydrogen-bond donors (Lipinski definition) is 3. The summed E-state index contributed by atoms with van der Waals surface area (Å²) in [6.45, 7) is 0. The Morgan fingerprint density at radius 3 is 2.63 bits per heavy atom. The van der Waals surface area contributed by atoms with Gasteiger partial charge in [0.15, 0.2) is 6.04 Å². The SMILES string of the molecule is O=C(NC(C(=O)O)c1cccs1)c1ccc(=O)[nH]c1. The quantitative estimate of drug-likeness (QED) is 0.776. The second-order valence-corrected chi connectivity index (χ2v) is 4.68. The largest absolute Gasteiger partial charge is 0.479 e. The molecule has 2 rings (SSSR count). The third kappa shape index (κ3) is 3.08. The molecule has 0 fully saturated rings. The first kappa shape index (κ1) is 13.0. The van der Waals surface area contributed by atoms with Crippen LogP contribution >= 0.6 is 11.3 Å². The van der Waals surface area contributed by atoms with Crippen LogP contribution in [0, 0.1) is 0 Å². The molecule has 6 nitrogen and oxygen atoms in total. The minimum Gasteiger partial charge on any atom is -0.479 e. The Labute approximate surface area is 111 Å². The normalized spacial score (nSPS) is 11.8. The van der Waals surface area contributed by atoms with Crippen LogP contribution in [0.1, 0.15) is 21.3 Å². The second kappa shape index (κ2) is 5.49. The molecule has 1 amide bonds. The number of carboxylic acid groups (broad SMARTS) is 1. The van der Waals surface area contributed by atoms with Gasteiger partial charge in [-0.15, -0.1) is 11.3 Å². The average molecular weight is 278 g/mol. The highest BCUT2D eigenvalue weighted by atomic mass is 32.1. The summed E-state index contributed by atoms with van der Waals surface area (Å²) in [5.41, 5.74) is -0.132. The van der Waals surface area contributed by atoms with Crippen LogP contribution in [0.25, 0.3) is 0 Å². The number of thiophene rings is 1. The van der Waals surface area contributed by atoms with Crippen molar-refractivity contribution in [3.63, 3.8) is 0 Å². The van der Waals surface area contributed by atoms with E-state index >= 15 is 0 Å². The Bertz CT molecular complexity index is 628. The van der Waals surface area contributed by atoms with Crippen molar-refractivity contribution in [2.24, 2.45) is 0 Å². The first-order valence-electron chi connectivity index (χ1n) is 5.34. The zero-order chi connectivity index (χ0) is 13.8. The van der Waals surface area contributed by atoms with Gasteiger partial charge in [-0.1, -0.05) is 6.07 Å². The van der Waals surface area contributed by atoms with E-state index in [4.69, 9.17) is 5.11 Å². The molecule has 0 aliphatic heterocycles. The van der Waals surface area contributed by atoms with E-state index in [0.717, 1.165) is 0 Å². The molecule has 98 valence electrons. The highest BCUT2D eigenvalue weighted by molar-refractivity contribution is 7.10. The monoisotopic (exact) mass is 278 g/mol. The molecule has 3 N–H and O–H groups in total. The second-order valence-electron chi connectivity index (χ2n) is 3.70. The lowest BCUT2D eigenvalue weighted by Gasteiger charge is -2.12. The zero-order valence-corrected chi connectivity index (χ0v) is 10.4. The van der Waals surface area contributed by atoms with Crippen molar-refractivity contribution in [1.82, 2.24) is 10.3 Å². The minimum absolute atomic E-state index is 0.197. The van der Waals surface area contributed by atoms with Gasteiger partial charge in [0, 0.05) is 17.1 Å². The number of carbonyl (C=O) groups excluding carboxylic acids is 1. The molecule has 0 aliphatic carbocycles. The van der Waals surface area contributed by atoms with E-state index in [9.17, 15) is 14.4 Å². The van der Waals surface area contributed by atoms with Gasteiger partial charge in [0.1, 0.15) is 0 Å². The Morgan fingerprint density at radius 2 is 2.11 bits per heavy atom. The summed E-state index contributed by atoms with van der Waals surface area (Å²) in [5, 5.41) is 13.3. The van der Waals surface area contributed by atoms with Crippen molar-refractivity contribution < 1.29 is 14.7 Å². The molecule has 0 saturated carbocycles. The molecule has 1 atom stereocenters. The molecule has 0 spiro atoms. The van der Waals surface area contributed by atoms with Crippen molar-refractivity contribution in [2.75, 3.05) is 0 Å². The summed E-state index contributed by atoms with van der Waals surface area (Å²) in [6, 6.07) is 4.79. The van der Waals surface area contributed by atoms with E-state index in [2.05, 4.69) is 10.3 Å². The first-order chi connectivity index (χ1) is 9.08. The number of nitrogens with one attached hydrogen (secondary N) is 2. The predicted octanol–water partition coefficient (Wildman–Crippen LogP) is 0.992. The lowest BCUT2D eigenvalue weighted by Crippen LogP contribution is -2.33. The van der Waals surface area contributed by atoms with Gasteiger partial charge >= 0.3 is 5.97 Å². The van der Waals surface area contributed by atoms with E-state index in [0.29, 0.717) is 4.88 Å². The summed E-state index contributed by atoms with van der Waals surface area (Å²) in [4.78, 5) is 36.8. The van der Waals surface area contributed by atoms with E-state index in [1.165, 1.54) is 29.7 Å². The lowest BCUT2D eigenvalue weighted by molar-refractivity contribution is -0.139. The van der Waals surface area contributed by atoms with Gasteiger partial charge in [0.25, 0.3) is 5.91 Å². The van der Waals surface area contributed by atoms with Crippen molar-refractivity contribution in [3.8, 4) is 0 Å². The number of hydrogen-bond acceptors (Lipinski definition) is 4. The van der Waals surface area contributed by atoms with Gasteiger partial charge in [0.2, 0.25) is 5.56 Å². The number of carbonyl (C=O) groups is 2. The van der Waals surface area contributed by atoms with Crippen LogP contribution < -0.4 is 10.9 Å². The molecule has 7 heteroatoms. The van der Waals surface area contributed by atoms with Crippen molar-refractivity contribution >= 4 is 23.2 Å². The first-order valence-corrected chi connectivity index (χ1v) is 6.21. The Balaban J connectivity index is 2.18. The summed E-state index contributed by atoms with van der Waals surface area (Å²) in [5.74, 6) is -1.70. The van der Waals surface area contributed by atoms with Crippen LogP contribution in [0.15, 0.2) is 40.6 Å². The van der Waals surface area contributed by atoms with Crippen molar-refractivity contribution in [3.05, 3.63) is 56.6 Å².